The summed E-state index contributed by atoms with van der Waals surface area (Å²) >= 11 is 0. The Morgan fingerprint density at radius 3 is 3.20 bits per heavy atom. The number of ether oxygens (including phenoxy) is 1. The molecular weight excluding hydrogens is 195 g/mol. The molecule has 1 rings (SSSR count). The molecule has 0 atom stereocenters. The molecule has 0 bridgehead atoms. The monoisotopic (exact) mass is 206 g/mol. The summed E-state index contributed by atoms with van der Waals surface area (Å²) in [7, 11) is 0.752. The molecule has 15 heavy (non-hydrogen) atoms. The summed E-state index contributed by atoms with van der Waals surface area (Å²) in [6, 6.07) is 3.37. The van der Waals surface area contributed by atoms with Gasteiger partial charge in [0.05, 0.1) is 0 Å². The summed E-state index contributed by atoms with van der Waals surface area (Å²) in [6.07, 6.45) is 2.94. The molecule has 6 heteroatoms. The quantitative estimate of drug-likeness (QED) is 0.399. The second-order valence-electron chi connectivity index (χ2n) is 2.73. The van der Waals surface area contributed by atoms with Crippen molar-refractivity contribution in [2.24, 2.45) is 0 Å². The van der Waals surface area contributed by atoms with Crippen molar-refractivity contribution in [2.75, 3.05) is 18.4 Å². The number of anilines is 1. The number of hydrogen-bond donors (Lipinski definition) is 1. The Morgan fingerprint density at radius 2 is 2.47 bits per heavy atom. The second kappa shape index (κ2) is 6.70. The first-order chi connectivity index (χ1) is 7.36. The number of nitrogens with zero attached hydrogens (tertiary/aromatic N) is 1. The summed E-state index contributed by atoms with van der Waals surface area (Å²) in [5.41, 5.74) is 0. The zero-order valence-corrected chi connectivity index (χ0v) is 8.18. The molecule has 78 valence electrons. The molecule has 0 radical (unpaired) electrons. The van der Waals surface area contributed by atoms with Gasteiger partial charge in [0, 0.05) is 0 Å². The number of aldehydes is 1. The first-order valence-electron chi connectivity index (χ1n) is 4.57. The molecule has 1 N–H and O–H groups in total. The van der Waals surface area contributed by atoms with Crippen molar-refractivity contribution in [3.63, 3.8) is 0 Å². The predicted molar refractivity (Wildman–Crippen MR) is 55.3 cm³/mol. The molecule has 0 spiro atoms. The number of rotatable bonds is 7. The molecular formula is C9H11BN2O3. The Balaban J connectivity index is 2.49. The van der Waals surface area contributed by atoms with Crippen molar-refractivity contribution in [3.05, 3.63) is 18.3 Å². The van der Waals surface area contributed by atoms with E-state index in [1.165, 1.54) is 0 Å². The molecule has 0 aromatic carbocycles. The van der Waals surface area contributed by atoms with Crippen molar-refractivity contribution >= 4 is 19.3 Å². The minimum absolute atomic E-state index is 0.213. The molecule has 0 aliphatic rings. The first-order valence-corrected chi connectivity index (χ1v) is 4.57. The van der Waals surface area contributed by atoms with Gasteiger partial charge in [-0.15, -0.1) is 0 Å². The molecule has 1 aromatic heterocycles. The number of pyridine rings is 1. The van der Waals surface area contributed by atoms with Crippen molar-refractivity contribution in [3.8, 4) is 5.75 Å². The van der Waals surface area contributed by atoms with Crippen LogP contribution in [-0.2, 0) is 9.50 Å². The van der Waals surface area contributed by atoms with Crippen LogP contribution in [0.5, 0.6) is 5.75 Å². The van der Waals surface area contributed by atoms with E-state index in [2.05, 4.69) is 10.3 Å². The van der Waals surface area contributed by atoms with E-state index in [9.17, 15) is 9.50 Å². The fourth-order valence-corrected chi connectivity index (χ4v) is 0.969. The molecule has 0 amide bonds. The van der Waals surface area contributed by atoms with Crippen LogP contribution in [0.4, 0.5) is 5.82 Å². The van der Waals surface area contributed by atoms with Gasteiger partial charge in [-0.2, -0.15) is 0 Å². The molecule has 0 unspecified atom stereocenters. The summed E-state index contributed by atoms with van der Waals surface area (Å²) in [4.78, 5) is 14.0. The first kappa shape index (κ1) is 11.4. The van der Waals surface area contributed by atoms with Crippen LogP contribution >= 0.6 is 0 Å². The van der Waals surface area contributed by atoms with Crippen LogP contribution in [0.1, 0.15) is 6.42 Å². The Hall–Kier alpha value is -1.72. The summed E-state index contributed by atoms with van der Waals surface area (Å²) in [6.45, 7) is 0.348. The zero-order chi connectivity index (χ0) is 10.9. The van der Waals surface area contributed by atoms with Crippen LogP contribution in [0, 0.1) is 0 Å². The summed E-state index contributed by atoms with van der Waals surface area (Å²) in [5.74, 6) is 1.20. The molecule has 0 saturated heterocycles. The molecule has 0 fully saturated rings. The third kappa shape index (κ3) is 4.35. The average molecular weight is 206 g/mol. The molecule has 0 aliphatic carbocycles. The SMILES string of the molecule is O=BCNc1cc(OCCC=O)ccn1. The number of aromatic nitrogens is 1. The van der Waals surface area contributed by atoms with Crippen LogP contribution in [0.15, 0.2) is 18.3 Å². The fraction of sp³-hybridized carbons (Fsp3) is 0.333. The normalized spacial score (nSPS) is 9.07. The Morgan fingerprint density at radius 1 is 1.60 bits per heavy atom. The van der Waals surface area contributed by atoms with Crippen LogP contribution < -0.4 is 10.1 Å². The predicted octanol–water partition coefficient (Wildman–Crippen LogP) is 0.468. The van der Waals surface area contributed by atoms with Crippen LogP contribution in [0.3, 0.4) is 0 Å². The van der Waals surface area contributed by atoms with E-state index in [0.29, 0.717) is 24.6 Å². The molecule has 0 saturated carbocycles. The Kier molecular flexibility index (Phi) is 5.07. The minimum atomic E-state index is 0.213. The van der Waals surface area contributed by atoms with Gasteiger partial charge in [-0.25, -0.2) is 0 Å². The van der Waals surface area contributed by atoms with E-state index in [1.54, 1.807) is 18.3 Å². The molecule has 1 heterocycles. The van der Waals surface area contributed by atoms with Gasteiger partial charge in [-0.05, 0) is 0 Å². The van der Waals surface area contributed by atoms with E-state index < -0.39 is 0 Å². The van der Waals surface area contributed by atoms with E-state index in [-0.39, 0.29) is 6.44 Å². The van der Waals surface area contributed by atoms with Crippen molar-refractivity contribution < 1.29 is 14.2 Å². The topological polar surface area (TPSA) is 68.3 Å². The van der Waals surface area contributed by atoms with Gasteiger partial charge in [-0.3, -0.25) is 0 Å². The van der Waals surface area contributed by atoms with Crippen molar-refractivity contribution in [1.29, 1.82) is 0 Å². The zero-order valence-electron chi connectivity index (χ0n) is 8.18. The van der Waals surface area contributed by atoms with Gasteiger partial charge in [0.2, 0.25) is 0 Å². The van der Waals surface area contributed by atoms with Gasteiger partial charge < -0.3 is 0 Å². The number of hydrogen-bond acceptors (Lipinski definition) is 5. The Labute approximate surface area is 88.1 Å². The molecule has 5 nitrogen and oxygen atoms in total. The maximum atomic E-state index is 10.1. The van der Waals surface area contributed by atoms with E-state index in [0.717, 1.165) is 13.4 Å². The van der Waals surface area contributed by atoms with Gasteiger partial charge in [0.1, 0.15) is 0 Å². The van der Waals surface area contributed by atoms with Crippen LogP contribution in [-0.4, -0.2) is 31.5 Å². The third-order valence-corrected chi connectivity index (χ3v) is 1.60. The maximum absolute atomic E-state index is 10.1. The van der Waals surface area contributed by atoms with Gasteiger partial charge in [0.15, 0.2) is 0 Å². The van der Waals surface area contributed by atoms with Crippen LogP contribution in [0.25, 0.3) is 0 Å². The fourth-order valence-electron chi connectivity index (χ4n) is 0.969. The van der Waals surface area contributed by atoms with Gasteiger partial charge in [0.25, 0.3) is 0 Å². The standard InChI is InChI=1S/C9H11BN2O3/c13-4-1-5-15-8-2-3-11-9(6-8)12-7-10-14/h2-4,6H,1,5,7H2,(H,11,12). The summed E-state index contributed by atoms with van der Waals surface area (Å²) in [5, 5.41) is 2.80. The van der Waals surface area contributed by atoms with E-state index in [4.69, 9.17) is 4.74 Å². The molecule has 1 aromatic rings. The van der Waals surface area contributed by atoms with Crippen molar-refractivity contribution in [2.45, 2.75) is 6.42 Å². The number of carbonyl (C=O) groups excluding carboxylic acids is 1. The second-order valence-corrected chi connectivity index (χ2v) is 2.73. The van der Waals surface area contributed by atoms with Crippen LogP contribution in [0.2, 0.25) is 0 Å². The van der Waals surface area contributed by atoms with E-state index >= 15 is 0 Å². The Bertz CT molecular complexity index is 333. The van der Waals surface area contributed by atoms with E-state index in [1.807, 2.05) is 0 Å². The average Bonchev–Trinajstić information content (AvgIpc) is 2.27. The van der Waals surface area contributed by atoms with Gasteiger partial charge >= 0.3 is 87.3 Å². The third-order valence-electron chi connectivity index (χ3n) is 1.60. The summed E-state index contributed by atoms with van der Waals surface area (Å²) < 4.78 is 15.4. The van der Waals surface area contributed by atoms with Crippen molar-refractivity contribution in [1.82, 2.24) is 4.98 Å². The van der Waals surface area contributed by atoms with Gasteiger partial charge in [-0.1, -0.05) is 0 Å². The number of carbonyl (C=O) groups is 1. The molecule has 0 aliphatic heterocycles. The number of nitrogens with one attached hydrogen (secondary N) is 1.